The molecule has 104 valence electrons. The van der Waals surface area contributed by atoms with Gasteiger partial charge in [-0.2, -0.15) is 5.10 Å². The van der Waals surface area contributed by atoms with Gasteiger partial charge in [-0.05, 0) is 17.7 Å². The molecule has 0 aliphatic heterocycles. The van der Waals surface area contributed by atoms with Crippen molar-refractivity contribution in [3.8, 4) is 0 Å². The van der Waals surface area contributed by atoms with E-state index < -0.39 is 0 Å². The van der Waals surface area contributed by atoms with Gasteiger partial charge in [0, 0.05) is 31.4 Å². The fraction of sp³-hybridized carbons (Fsp3) is 0.143. The number of aromatic nitrogens is 2. The SMILES string of the molecule is CN(Cc1cn[nH]c1)C(=O)C=Cc1cccc(Cl)c1Cl. The third-order valence-electron chi connectivity index (χ3n) is 2.74. The minimum absolute atomic E-state index is 0.123. The fourth-order valence-corrected chi connectivity index (χ4v) is 2.02. The number of aromatic amines is 1. The lowest BCUT2D eigenvalue weighted by Gasteiger charge is -2.13. The summed E-state index contributed by atoms with van der Waals surface area (Å²) < 4.78 is 0. The predicted octanol–water partition coefficient (Wildman–Crippen LogP) is 3.39. The van der Waals surface area contributed by atoms with E-state index in [1.165, 1.54) is 6.08 Å². The van der Waals surface area contributed by atoms with E-state index in [4.69, 9.17) is 23.2 Å². The van der Waals surface area contributed by atoms with Gasteiger partial charge in [0.05, 0.1) is 16.2 Å². The monoisotopic (exact) mass is 309 g/mol. The number of rotatable bonds is 4. The standard InChI is InChI=1S/C14H13Cl2N3O/c1-19(9-10-7-17-18-8-10)13(20)6-5-11-3-2-4-12(15)14(11)16/h2-8H,9H2,1H3,(H,17,18). The number of halogens is 2. The molecule has 0 spiro atoms. The molecule has 1 aromatic carbocycles. The molecule has 1 N–H and O–H groups in total. The zero-order valence-corrected chi connectivity index (χ0v) is 12.3. The van der Waals surface area contributed by atoms with Crippen molar-refractivity contribution in [1.29, 1.82) is 0 Å². The normalized spacial score (nSPS) is 10.9. The number of nitrogens with one attached hydrogen (secondary N) is 1. The molecule has 0 aliphatic rings. The first-order valence-corrected chi connectivity index (χ1v) is 6.68. The zero-order chi connectivity index (χ0) is 14.5. The molecule has 0 radical (unpaired) electrons. The fourth-order valence-electron chi connectivity index (χ4n) is 1.65. The summed E-state index contributed by atoms with van der Waals surface area (Å²) in [5.41, 5.74) is 1.65. The molecule has 0 atom stereocenters. The topological polar surface area (TPSA) is 49.0 Å². The molecular weight excluding hydrogens is 297 g/mol. The van der Waals surface area contributed by atoms with E-state index in [0.29, 0.717) is 22.2 Å². The van der Waals surface area contributed by atoms with Crippen molar-refractivity contribution in [3.05, 3.63) is 57.8 Å². The lowest BCUT2D eigenvalue weighted by molar-refractivity contribution is -0.125. The van der Waals surface area contributed by atoms with E-state index in [2.05, 4.69) is 10.2 Å². The highest BCUT2D eigenvalue weighted by molar-refractivity contribution is 6.42. The Morgan fingerprint density at radius 2 is 2.25 bits per heavy atom. The van der Waals surface area contributed by atoms with Gasteiger partial charge in [0.2, 0.25) is 5.91 Å². The lowest BCUT2D eigenvalue weighted by Crippen LogP contribution is -2.23. The summed E-state index contributed by atoms with van der Waals surface area (Å²) in [7, 11) is 1.72. The Morgan fingerprint density at radius 1 is 1.45 bits per heavy atom. The molecule has 2 aromatic rings. The molecule has 0 unspecified atom stereocenters. The van der Waals surface area contributed by atoms with Crippen molar-refractivity contribution in [2.75, 3.05) is 7.05 Å². The second-order valence-corrected chi connectivity index (χ2v) is 5.06. The van der Waals surface area contributed by atoms with Crippen LogP contribution in [0.15, 0.2) is 36.7 Å². The first kappa shape index (κ1) is 14.6. The van der Waals surface area contributed by atoms with Gasteiger partial charge in [-0.25, -0.2) is 0 Å². The number of benzene rings is 1. The summed E-state index contributed by atoms with van der Waals surface area (Å²) in [5, 5.41) is 7.45. The number of nitrogens with zero attached hydrogens (tertiary/aromatic N) is 2. The summed E-state index contributed by atoms with van der Waals surface area (Å²) in [6.07, 6.45) is 6.56. The molecule has 1 amide bonds. The number of likely N-dealkylation sites (N-methyl/N-ethyl adjacent to an activating group) is 1. The summed E-state index contributed by atoms with van der Waals surface area (Å²) in [4.78, 5) is 13.6. The van der Waals surface area contributed by atoms with Crippen molar-refractivity contribution in [3.63, 3.8) is 0 Å². The van der Waals surface area contributed by atoms with Gasteiger partial charge in [0.15, 0.2) is 0 Å². The first-order valence-electron chi connectivity index (χ1n) is 5.93. The Labute approximate surface area is 127 Å². The minimum Gasteiger partial charge on any atom is -0.338 e. The van der Waals surface area contributed by atoms with Crippen molar-refractivity contribution >= 4 is 35.2 Å². The third kappa shape index (κ3) is 3.62. The van der Waals surface area contributed by atoms with Crippen LogP contribution in [0.2, 0.25) is 10.0 Å². The molecule has 20 heavy (non-hydrogen) atoms. The molecule has 0 saturated carbocycles. The molecule has 0 saturated heterocycles. The van der Waals surface area contributed by atoms with E-state index in [-0.39, 0.29) is 5.91 Å². The largest absolute Gasteiger partial charge is 0.338 e. The van der Waals surface area contributed by atoms with E-state index in [1.807, 2.05) is 0 Å². The Morgan fingerprint density at radius 3 is 2.95 bits per heavy atom. The average Bonchev–Trinajstić information content (AvgIpc) is 2.93. The highest BCUT2D eigenvalue weighted by Gasteiger charge is 2.07. The van der Waals surface area contributed by atoms with Crippen LogP contribution in [0, 0.1) is 0 Å². The molecular formula is C14H13Cl2N3O. The Bertz CT molecular complexity index is 623. The van der Waals surface area contributed by atoms with Crippen LogP contribution >= 0.6 is 23.2 Å². The molecule has 2 rings (SSSR count). The van der Waals surface area contributed by atoms with Gasteiger partial charge in [0.25, 0.3) is 0 Å². The maximum absolute atomic E-state index is 12.0. The van der Waals surface area contributed by atoms with Crippen LogP contribution in [0.1, 0.15) is 11.1 Å². The number of hydrogen-bond acceptors (Lipinski definition) is 2. The number of hydrogen-bond donors (Lipinski definition) is 1. The lowest BCUT2D eigenvalue weighted by atomic mass is 10.2. The maximum atomic E-state index is 12.0. The van der Waals surface area contributed by atoms with E-state index in [0.717, 1.165) is 5.56 Å². The van der Waals surface area contributed by atoms with E-state index >= 15 is 0 Å². The Kier molecular flexibility index (Phi) is 4.82. The molecule has 0 bridgehead atoms. The average molecular weight is 310 g/mol. The number of carbonyl (C=O) groups excluding carboxylic acids is 1. The second kappa shape index (κ2) is 6.59. The third-order valence-corrected chi connectivity index (χ3v) is 3.57. The van der Waals surface area contributed by atoms with Crippen molar-refractivity contribution in [1.82, 2.24) is 15.1 Å². The van der Waals surface area contributed by atoms with Crippen LogP contribution in [-0.4, -0.2) is 28.1 Å². The summed E-state index contributed by atoms with van der Waals surface area (Å²) in [5.74, 6) is -0.123. The van der Waals surface area contributed by atoms with Gasteiger partial charge in [-0.1, -0.05) is 35.3 Å². The van der Waals surface area contributed by atoms with Crippen LogP contribution in [0.5, 0.6) is 0 Å². The zero-order valence-electron chi connectivity index (χ0n) is 10.8. The number of H-pyrrole nitrogens is 1. The van der Waals surface area contributed by atoms with Crippen LogP contribution in [0.3, 0.4) is 0 Å². The van der Waals surface area contributed by atoms with Gasteiger partial charge < -0.3 is 4.90 Å². The maximum Gasteiger partial charge on any atom is 0.246 e. The van der Waals surface area contributed by atoms with Crippen LogP contribution in [-0.2, 0) is 11.3 Å². The van der Waals surface area contributed by atoms with Crippen LogP contribution < -0.4 is 0 Å². The highest BCUT2D eigenvalue weighted by atomic mass is 35.5. The molecule has 0 aliphatic carbocycles. The summed E-state index contributed by atoms with van der Waals surface area (Å²) in [6, 6.07) is 5.29. The molecule has 0 fully saturated rings. The van der Waals surface area contributed by atoms with Crippen molar-refractivity contribution in [2.24, 2.45) is 0 Å². The molecule has 1 aromatic heterocycles. The molecule has 1 heterocycles. The Hall–Kier alpha value is -1.78. The summed E-state index contributed by atoms with van der Waals surface area (Å²) >= 11 is 12.0. The summed E-state index contributed by atoms with van der Waals surface area (Å²) in [6.45, 7) is 0.489. The minimum atomic E-state index is -0.123. The number of carbonyl (C=O) groups is 1. The smallest absolute Gasteiger partial charge is 0.246 e. The second-order valence-electron chi connectivity index (χ2n) is 4.28. The van der Waals surface area contributed by atoms with Gasteiger partial charge in [-0.15, -0.1) is 0 Å². The van der Waals surface area contributed by atoms with Crippen molar-refractivity contribution < 1.29 is 4.79 Å². The predicted molar refractivity (Wildman–Crippen MR) is 80.6 cm³/mol. The molecule has 6 heteroatoms. The van der Waals surface area contributed by atoms with Crippen molar-refractivity contribution in [2.45, 2.75) is 6.54 Å². The van der Waals surface area contributed by atoms with Gasteiger partial charge in [-0.3, -0.25) is 9.89 Å². The van der Waals surface area contributed by atoms with Gasteiger partial charge in [0.1, 0.15) is 0 Å². The highest BCUT2D eigenvalue weighted by Crippen LogP contribution is 2.26. The van der Waals surface area contributed by atoms with E-state index in [9.17, 15) is 4.79 Å². The van der Waals surface area contributed by atoms with Crippen LogP contribution in [0.25, 0.3) is 6.08 Å². The quantitative estimate of drug-likeness (QED) is 0.880. The Balaban J connectivity index is 2.03. The van der Waals surface area contributed by atoms with Gasteiger partial charge >= 0.3 is 0 Å². The van der Waals surface area contributed by atoms with Crippen LogP contribution in [0.4, 0.5) is 0 Å². The first-order chi connectivity index (χ1) is 9.58. The van der Waals surface area contributed by atoms with E-state index in [1.54, 1.807) is 48.6 Å². The molecule has 4 nitrogen and oxygen atoms in total. The number of amides is 1.